The van der Waals surface area contributed by atoms with Gasteiger partial charge in [-0.15, -0.1) is 0 Å². The maximum Gasteiger partial charge on any atom is 0.338 e. The summed E-state index contributed by atoms with van der Waals surface area (Å²) in [6, 6.07) is 14.7. The fourth-order valence-corrected chi connectivity index (χ4v) is 5.06. The van der Waals surface area contributed by atoms with Crippen LogP contribution in [0.2, 0.25) is 0 Å². The van der Waals surface area contributed by atoms with E-state index in [1.807, 2.05) is 66.6 Å². The predicted octanol–water partition coefficient (Wildman–Crippen LogP) is 5.17. The molecule has 1 amide bonds. The van der Waals surface area contributed by atoms with Crippen molar-refractivity contribution in [3.8, 4) is 5.75 Å². The summed E-state index contributed by atoms with van der Waals surface area (Å²) in [6.45, 7) is 5.90. The third-order valence-electron chi connectivity index (χ3n) is 5.67. The second-order valence-electron chi connectivity index (χ2n) is 7.93. The van der Waals surface area contributed by atoms with Crippen molar-refractivity contribution >= 4 is 34.5 Å². The number of methoxy groups -OCH3 is 1. The molecule has 2 heterocycles. The van der Waals surface area contributed by atoms with E-state index in [4.69, 9.17) is 9.47 Å². The van der Waals surface area contributed by atoms with Crippen molar-refractivity contribution in [1.82, 2.24) is 4.90 Å². The second-order valence-corrected chi connectivity index (χ2v) is 8.76. The number of nitrogens with zero attached hydrogens (tertiary/aromatic N) is 2. The number of aryl methyl sites for hydroxylation is 1. The maximum atomic E-state index is 13.0. The highest BCUT2D eigenvalue weighted by molar-refractivity contribution is 8.16. The Morgan fingerprint density at radius 1 is 1.15 bits per heavy atom. The molecule has 2 aliphatic rings. The van der Waals surface area contributed by atoms with Gasteiger partial charge in [0.25, 0.3) is 0 Å². The molecule has 1 atom stereocenters. The molecule has 0 aliphatic carbocycles. The van der Waals surface area contributed by atoms with Crippen molar-refractivity contribution in [2.24, 2.45) is 4.99 Å². The molecule has 7 nitrogen and oxygen atoms in total. The van der Waals surface area contributed by atoms with E-state index < -0.39 is 12.0 Å². The topological polar surface area (TPSA) is 80.2 Å². The number of anilines is 1. The van der Waals surface area contributed by atoms with Crippen LogP contribution in [0, 0.1) is 6.92 Å². The molecular formula is C26H27N3O4S. The lowest BCUT2D eigenvalue weighted by atomic mass is 9.91. The lowest BCUT2D eigenvalue weighted by Gasteiger charge is -2.37. The minimum Gasteiger partial charge on any atom is -0.497 e. The van der Waals surface area contributed by atoms with Crippen LogP contribution in [-0.2, 0) is 14.3 Å². The maximum absolute atomic E-state index is 13.0. The number of hydrogen-bond donors (Lipinski definition) is 1. The van der Waals surface area contributed by atoms with Gasteiger partial charge >= 0.3 is 5.97 Å². The zero-order valence-electron chi connectivity index (χ0n) is 19.6. The van der Waals surface area contributed by atoms with E-state index in [0.717, 1.165) is 22.0 Å². The van der Waals surface area contributed by atoms with E-state index in [9.17, 15) is 9.59 Å². The van der Waals surface area contributed by atoms with Gasteiger partial charge in [-0.05, 0) is 49.4 Å². The first-order valence-corrected chi connectivity index (χ1v) is 11.9. The number of amidine groups is 1. The number of allylic oxidation sites excluding steroid dienone is 1. The Morgan fingerprint density at radius 3 is 2.68 bits per heavy atom. The molecule has 2 aromatic carbocycles. The van der Waals surface area contributed by atoms with Gasteiger partial charge in [0.05, 0.1) is 37.4 Å². The second kappa shape index (κ2) is 10.2. The standard InChI is InChI=1S/C26H27N3O4S/c1-5-33-25(31)23-17(3)27-26-29(24(23)21-12-7-6-9-16(21)2)19(15-34-26)14-22(30)28-18-10-8-11-20(13-18)32-4/h6-13,15,24H,5,14H2,1-4H3,(H,28,30)/t24-/m1/s1. The molecule has 0 unspecified atom stereocenters. The highest BCUT2D eigenvalue weighted by Crippen LogP contribution is 2.45. The number of aliphatic imine (C=N–C) groups is 1. The van der Waals surface area contributed by atoms with E-state index in [1.165, 1.54) is 11.8 Å². The zero-order chi connectivity index (χ0) is 24.2. The Labute approximate surface area is 203 Å². The number of esters is 1. The van der Waals surface area contributed by atoms with Crippen LogP contribution in [0.1, 0.15) is 37.4 Å². The number of ether oxygens (including phenoxy) is 2. The fourth-order valence-electron chi connectivity index (χ4n) is 4.10. The van der Waals surface area contributed by atoms with Crippen molar-refractivity contribution < 1.29 is 19.1 Å². The molecular weight excluding hydrogens is 450 g/mol. The van der Waals surface area contributed by atoms with Crippen LogP contribution in [0.4, 0.5) is 5.69 Å². The Morgan fingerprint density at radius 2 is 1.94 bits per heavy atom. The van der Waals surface area contributed by atoms with Gasteiger partial charge in [-0.2, -0.15) is 0 Å². The first-order valence-electron chi connectivity index (χ1n) is 11.0. The van der Waals surface area contributed by atoms with Crippen LogP contribution >= 0.6 is 11.8 Å². The molecule has 2 aliphatic heterocycles. The summed E-state index contributed by atoms with van der Waals surface area (Å²) in [5.41, 5.74) is 4.55. The quantitative estimate of drug-likeness (QED) is 0.554. The molecule has 34 heavy (non-hydrogen) atoms. The van der Waals surface area contributed by atoms with Crippen LogP contribution in [0.15, 0.2) is 75.9 Å². The number of fused-ring (bicyclic) bond motifs is 1. The van der Waals surface area contributed by atoms with Gasteiger partial charge in [-0.25, -0.2) is 9.79 Å². The minimum absolute atomic E-state index is 0.126. The van der Waals surface area contributed by atoms with Crippen LogP contribution < -0.4 is 10.1 Å². The molecule has 0 fully saturated rings. The molecule has 8 heteroatoms. The monoisotopic (exact) mass is 477 g/mol. The number of rotatable bonds is 7. The molecule has 1 N–H and O–H groups in total. The van der Waals surface area contributed by atoms with Crippen molar-refractivity contribution in [2.75, 3.05) is 19.0 Å². The van der Waals surface area contributed by atoms with E-state index in [2.05, 4.69) is 10.3 Å². The molecule has 2 aromatic rings. The van der Waals surface area contributed by atoms with Gasteiger partial charge in [-0.3, -0.25) is 4.79 Å². The van der Waals surface area contributed by atoms with Gasteiger partial charge in [-0.1, -0.05) is 42.1 Å². The smallest absolute Gasteiger partial charge is 0.338 e. The molecule has 0 saturated carbocycles. The van der Waals surface area contributed by atoms with Gasteiger partial charge < -0.3 is 19.7 Å². The molecule has 176 valence electrons. The third kappa shape index (κ3) is 4.72. The summed E-state index contributed by atoms with van der Waals surface area (Å²) in [6.07, 6.45) is 0.126. The van der Waals surface area contributed by atoms with Crippen molar-refractivity contribution in [2.45, 2.75) is 33.2 Å². The number of carbonyl (C=O) groups excluding carboxylic acids is 2. The van der Waals surface area contributed by atoms with E-state index in [-0.39, 0.29) is 18.9 Å². The highest BCUT2D eigenvalue weighted by Gasteiger charge is 2.41. The normalized spacial score (nSPS) is 17.1. The Kier molecular flexibility index (Phi) is 7.07. The number of nitrogens with one attached hydrogen (secondary N) is 1. The summed E-state index contributed by atoms with van der Waals surface area (Å²) < 4.78 is 10.6. The van der Waals surface area contributed by atoms with Gasteiger partial charge in [0.2, 0.25) is 5.91 Å². The summed E-state index contributed by atoms with van der Waals surface area (Å²) in [4.78, 5) is 32.7. The number of amides is 1. The van der Waals surface area contributed by atoms with Gasteiger partial charge in [0, 0.05) is 17.5 Å². The third-order valence-corrected chi connectivity index (χ3v) is 6.56. The lowest BCUT2D eigenvalue weighted by Crippen LogP contribution is -2.37. The summed E-state index contributed by atoms with van der Waals surface area (Å²) in [5, 5.41) is 5.59. The average Bonchev–Trinajstić information content (AvgIpc) is 3.20. The Hall–Kier alpha value is -3.52. The fraction of sp³-hybridized carbons (Fsp3) is 0.269. The highest BCUT2D eigenvalue weighted by atomic mass is 32.2. The van der Waals surface area contributed by atoms with E-state index in [0.29, 0.717) is 22.7 Å². The summed E-state index contributed by atoms with van der Waals surface area (Å²) >= 11 is 1.45. The SMILES string of the molecule is CCOC(=O)C1=C(C)N=C2SC=C(CC(=O)Nc3cccc(OC)c3)N2[C@@H]1c1ccccc1C. The molecule has 0 saturated heterocycles. The number of carbonyl (C=O) groups is 2. The molecule has 0 spiro atoms. The molecule has 4 rings (SSSR count). The zero-order valence-corrected chi connectivity index (χ0v) is 20.4. The first kappa shape index (κ1) is 23.6. The molecule has 0 radical (unpaired) electrons. The van der Waals surface area contributed by atoms with Crippen LogP contribution in [-0.4, -0.2) is 35.7 Å². The van der Waals surface area contributed by atoms with E-state index >= 15 is 0 Å². The largest absolute Gasteiger partial charge is 0.497 e. The van der Waals surface area contributed by atoms with Gasteiger partial charge in [0.1, 0.15) is 5.75 Å². The van der Waals surface area contributed by atoms with Crippen LogP contribution in [0.5, 0.6) is 5.75 Å². The average molecular weight is 478 g/mol. The summed E-state index contributed by atoms with van der Waals surface area (Å²) in [7, 11) is 1.58. The molecule has 0 bridgehead atoms. The lowest BCUT2D eigenvalue weighted by molar-refractivity contribution is -0.139. The predicted molar refractivity (Wildman–Crippen MR) is 134 cm³/mol. The summed E-state index contributed by atoms with van der Waals surface area (Å²) in [5.74, 6) is 0.0974. The molecule has 0 aromatic heterocycles. The number of hydrogen-bond acceptors (Lipinski definition) is 7. The van der Waals surface area contributed by atoms with Crippen molar-refractivity contribution in [3.05, 3.63) is 82.0 Å². The minimum atomic E-state index is -0.432. The van der Waals surface area contributed by atoms with Crippen LogP contribution in [0.25, 0.3) is 0 Å². The number of benzene rings is 2. The Balaban J connectivity index is 1.66. The number of thioether (sulfide) groups is 1. The van der Waals surface area contributed by atoms with Crippen molar-refractivity contribution in [3.63, 3.8) is 0 Å². The van der Waals surface area contributed by atoms with Crippen LogP contribution in [0.3, 0.4) is 0 Å². The Bertz CT molecular complexity index is 1220. The van der Waals surface area contributed by atoms with Gasteiger partial charge in [0.15, 0.2) is 5.17 Å². The van der Waals surface area contributed by atoms with E-state index in [1.54, 1.807) is 20.1 Å². The first-order chi connectivity index (χ1) is 16.4. The van der Waals surface area contributed by atoms with Crippen molar-refractivity contribution in [1.29, 1.82) is 0 Å².